The van der Waals surface area contributed by atoms with Crippen LogP contribution in [0.5, 0.6) is 0 Å². The molecule has 162 valence electrons. The minimum absolute atomic E-state index is 0.00858. The molecule has 0 saturated heterocycles. The van der Waals surface area contributed by atoms with Gasteiger partial charge in [0, 0.05) is 19.0 Å². The Bertz CT molecular complexity index is 1060. The smallest absolute Gasteiger partial charge is 0.292 e. The highest BCUT2D eigenvalue weighted by Gasteiger charge is 2.33. The SMILES string of the molecule is O=C(CCNS(=O)(=O)c1ccccc1Cl)NNc1ccc(C(F)(F)F)cc1[N+](=O)[O-]. The number of rotatable bonds is 8. The summed E-state index contributed by atoms with van der Waals surface area (Å²) in [6, 6.07) is 7.39. The van der Waals surface area contributed by atoms with Gasteiger partial charge in [-0.25, -0.2) is 13.1 Å². The lowest BCUT2D eigenvalue weighted by atomic mass is 10.1. The van der Waals surface area contributed by atoms with Crippen LogP contribution < -0.4 is 15.6 Å². The molecule has 2 rings (SSSR count). The van der Waals surface area contributed by atoms with Crippen LogP contribution in [0.4, 0.5) is 24.5 Å². The van der Waals surface area contributed by atoms with E-state index in [0.717, 1.165) is 6.07 Å². The number of benzene rings is 2. The first-order valence-corrected chi connectivity index (χ1v) is 9.92. The largest absolute Gasteiger partial charge is 0.416 e. The fourth-order valence-electron chi connectivity index (χ4n) is 2.20. The van der Waals surface area contributed by atoms with Crippen LogP contribution in [0.1, 0.15) is 12.0 Å². The number of carbonyl (C=O) groups excluding carboxylic acids is 1. The monoisotopic (exact) mass is 466 g/mol. The molecular formula is C16H14ClF3N4O5S. The number of nitrogens with zero attached hydrogens (tertiary/aromatic N) is 1. The molecule has 9 nitrogen and oxygen atoms in total. The Labute approximate surface area is 173 Å². The van der Waals surface area contributed by atoms with Gasteiger partial charge in [0.25, 0.3) is 5.69 Å². The summed E-state index contributed by atoms with van der Waals surface area (Å²) >= 11 is 5.81. The van der Waals surface area contributed by atoms with Gasteiger partial charge in [0.15, 0.2) is 0 Å². The summed E-state index contributed by atoms with van der Waals surface area (Å²) in [6.07, 6.45) is -5.14. The minimum atomic E-state index is -4.77. The number of nitro groups is 1. The van der Waals surface area contributed by atoms with Crippen LogP contribution in [0.3, 0.4) is 0 Å². The summed E-state index contributed by atoms with van der Waals surface area (Å²) in [5.74, 6) is -0.772. The van der Waals surface area contributed by atoms with Crippen molar-refractivity contribution in [2.45, 2.75) is 17.5 Å². The molecule has 0 radical (unpaired) electrons. The van der Waals surface area contributed by atoms with Crippen molar-refractivity contribution in [2.75, 3.05) is 12.0 Å². The van der Waals surface area contributed by atoms with Crippen LogP contribution in [-0.4, -0.2) is 25.8 Å². The van der Waals surface area contributed by atoms with Crippen LogP contribution in [0.15, 0.2) is 47.4 Å². The number of carbonyl (C=O) groups is 1. The number of anilines is 1. The molecular weight excluding hydrogens is 453 g/mol. The average Bonchev–Trinajstić information content (AvgIpc) is 2.65. The Morgan fingerprint density at radius 2 is 1.83 bits per heavy atom. The molecule has 3 N–H and O–H groups in total. The quantitative estimate of drug-likeness (QED) is 0.405. The van der Waals surface area contributed by atoms with E-state index in [9.17, 15) is 36.5 Å². The number of hydrazine groups is 1. The molecule has 30 heavy (non-hydrogen) atoms. The van der Waals surface area contributed by atoms with E-state index >= 15 is 0 Å². The normalized spacial score (nSPS) is 11.7. The average molecular weight is 467 g/mol. The Morgan fingerprint density at radius 1 is 1.17 bits per heavy atom. The fourth-order valence-corrected chi connectivity index (χ4v) is 3.75. The van der Waals surface area contributed by atoms with Crippen molar-refractivity contribution in [3.05, 3.63) is 63.2 Å². The van der Waals surface area contributed by atoms with Crippen molar-refractivity contribution in [3.8, 4) is 0 Å². The van der Waals surface area contributed by atoms with Crippen LogP contribution in [0.25, 0.3) is 0 Å². The number of hydrogen-bond acceptors (Lipinski definition) is 6. The van der Waals surface area contributed by atoms with Gasteiger partial charge < -0.3 is 0 Å². The molecule has 0 fully saturated rings. The summed E-state index contributed by atoms with van der Waals surface area (Å²) in [4.78, 5) is 21.6. The summed E-state index contributed by atoms with van der Waals surface area (Å²) in [7, 11) is -3.97. The highest BCUT2D eigenvalue weighted by molar-refractivity contribution is 7.89. The zero-order valence-corrected chi connectivity index (χ0v) is 16.4. The lowest BCUT2D eigenvalue weighted by Crippen LogP contribution is -2.34. The first kappa shape index (κ1) is 23.4. The number of amides is 1. The topological polar surface area (TPSA) is 130 Å². The van der Waals surface area contributed by atoms with Crippen molar-refractivity contribution < 1.29 is 31.3 Å². The molecule has 0 bridgehead atoms. The van der Waals surface area contributed by atoms with Crippen LogP contribution >= 0.6 is 11.6 Å². The molecule has 0 spiro atoms. The van der Waals surface area contributed by atoms with Gasteiger partial charge in [-0.3, -0.25) is 25.8 Å². The Balaban J connectivity index is 1.95. The number of halogens is 4. The van der Waals surface area contributed by atoms with Gasteiger partial charge in [-0.2, -0.15) is 13.2 Å². The maximum absolute atomic E-state index is 12.7. The summed E-state index contributed by atoms with van der Waals surface area (Å²) in [5, 5.41) is 11.0. The van der Waals surface area contributed by atoms with E-state index in [-0.39, 0.29) is 28.6 Å². The molecule has 0 atom stereocenters. The van der Waals surface area contributed by atoms with E-state index in [0.29, 0.717) is 12.1 Å². The molecule has 14 heteroatoms. The molecule has 0 aromatic heterocycles. The molecule has 0 aliphatic heterocycles. The van der Waals surface area contributed by atoms with Gasteiger partial charge in [-0.1, -0.05) is 23.7 Å². The Morgan fingerprint density at radius 3 is 2.43 bits per heavy atom. The second kappa shape index (κ2) is 9.28. The lowest BCUT2D eigenvalue weighted by molar-refractivity contribution is -0.384. The number of nitro benzene ring substituents is 1. The Hall–Kier alpha value is -2.90. The van der Waals surface area contributed by atoms with Gasteiger partial charge in [0.2, 0.25) is 15.9 Å². The van der Waals surface area contributed by atoms with Crippen molar-refractivity contribution in [1.29, 1.82) is 0 Å². The predicted octanol–water partition coefficient (Wildman–Crippen LogP) is 3.08. The first-order valence-electron chi connectivity index (χ1n) is 8.06. The number of sulfonamides is 1. The minimum Gasteiger partial charge on any atom is -0.292 e. The van der Waals surface area contributed by atoms with Gasteiger partial charge in [-0.15, -0.1) is 0 Å². The predicted molar refractivity (Wildman–Crippen MR) is 101 cm³/mol. The van der Waals surface area contributed by atoms with E-state index in [2.05, 4.69) is 15.6 Å². The van der Waals surface area contributed by atoms with Gasteiger partial charge >= 0.3 is 6.18 Å². The summed E-state index contributed by atoms with van der Waals surface area (Å²) in [6.45, 7) is -0.323. The van der Waals surface area contributed by atoms with Crippen LogP contribution in [-0.2, 0) is 21.0 Å². The van der Waals surface area contributed by atoms with Crippen molar-refractivity contribution >= 4 is 38.9 Å². The zero-order valence-electron chi connectivity index (χ0n) is 14.9. The van der Waals surface area contributed by atoms with E-state index in [1.807, 2.05) is 0 Å². The second-order valence-electron chi connectivity index (χ2n) is 5.74. The standard InChI is InChI=1S/C16H14ClF3N4O5S/c17-11-3-1-2-4-14(11)30(28,29)21-8-7-15(25)23-22-12-6-5-10(16(18,19)20)9-13(12)24(26)27/h1-6,9,21-22H,7-8H2,(H,23,25). The van der Waals surface area contributed by atoms with E-state index in [4.69, 9.17) is 11.6 Å². The van der Waals surface area contributed by atoms with Crippen molar-refractivity contribution in [2.24, 2.45) is 0 Å². The summed E-state index contributed by atoms with van der Waals surface area (Å²) in [5.41, 5.74) is 1.71. The molecule has 0 aliphatic carbocycles. The molecule has 0 heterocycles. The molecule has 2 aromatic carbocycles. The van der Waals surface area contributed by atoms with E-state index in [1.165, 1.54) is 18.2 Å². The third-order valence-electron chi connectivity index (χ3n) is 3.63. The maximum Gasteiger partial charge on any atom is 0.416 e. The number of nitrogens with one attached hydrogen (secondary N) is 3. The highest BCUT2D eigenvalue weighted by atomic mass is 35.5. The molecule has 0 unspecified atom stereocenters. The van der Waals surface area contributed by atoms with Gasteiger partial charge in [0.1, 0.15) is 10.6 Å². The zero-order chi connectivity index (χ0) is 22.5. The molecule has 2 aromatic rings. The van der Waals surface area contributed by atoms with Gasteiger partial charge in [-0.05, 0) is 24.3 Å². The third kappa shape index (κ3) is 6.05. The fraction of sp³-hybridized carbons (Fsp3) is 0.188. The molecule has 0 saturated carbocycles. The van der Waals surface area contributed by atoms with Gasteiger partial charge in [0.05, 0.1) is 15.5 Å². The Kier molecular flexibility index (Phi) is 7.23. The molecule has 1 amide bonds. The van der Waals surface area contributed by atoms with Crippen molar-refractivity contribution in [3.63, 3.8) is 0 Å². The maximum atomic E-state index is 12.7. The highest BCUT2D eigenvalue weighted by Crippen LogP contribution is 2.34. The summed E-state index contributed by atoms with van der Waals surface area (Å²) < 4.78 is 64.5. The first-order chi connectivity index (χ1) is 13.9. The third-order valence-corrected chi connectivity index (χ3v) is 5.59. The van der Waals surface area contributed by atoms with E-state index in [1.54, 1.807) is 6.07 Å². The van der Waals surface area contributed by atoms with Crippen LogP contribution in [0.2, 0.25) is 5.02 Å². The lowest BCUT2D eigenvalue weighted by Gasteiger charge is -2.12. The van der Waals surface area contributed by atoms with E-state index < -0.39 is 38.3 Å². The second-order valence-corrected chi connectivity index (χ2v) is 7.88. The molecule has 0 aliphatic rings. The van der Waals surface area contributed by atoms with Crippen LogP contribution in [0, 0.1) is 10.1 Å². The van der Waals surface area contributed by atoms with Crippen molar-refractivity contribution in [1.82, 2.24) is 10.1 Å². The number of hydrogen-bond donors (Lipinski definition) is 3. The number of alkyl halides is 3.